The number of ketones is 1. The second-order valence-electron chi connectivity index (χ2n) is 6.58. The molecule has 27 heavy (non-hydrogen) atoms. The lowest BCUT2D eigenvalue weighted by molar-refractivity contribution is -0.140. The predicted octanol–water partition coefficient (Wildman–Crippen LogP) is 4.00. The first kappa shape index (κ1) is 19.1. The molecule has 0 aliphatic carbocycles. The van der Waals surface area contributed by atoms with Gasteiger partial charge in [-0.25, -0.2) is 0 Å². The number of likely N-dealkylation sites (tertiary alicyclic amines) is 1. The van der Waals surface area contributed by atoms with Crippen LogP contribution < -0.4 is 4.74 Å². The Kier molecular flexibility index (Phi) is 5.91. The molecule has 1 heterocycles. The van der Waals surface area contributed by atoms with Crippen LogP contribution in [0.15, 0.2) is 48.5 Å². The summed E-state index contributed by atoms with van der Waals surface area (Å²) in [5.41, 5.74) is 1.16. The van der Waals surface area contributed by atoms with Gasteiger partial charge in [0, 0.05) is 29.2 Å². The predicted molar refractivity (Wildman–Crippen MR) is 102 cm³/mol. The fourth-order valence-electron chi connectivity index (χ4n) is 3.05. The van der Waals surface area contributed by atoms with Crippen molar-refractivity contribution in [1.82, 2.24) is 4.90 Å². The van der Waals surface area contributed by atoms with E-state index in [2.05, 4.69) is 0 Å². The second-order valence-corrected chi connectivity index (χ2v) is 7.01. The summed E-state index contributed by atoms with van der Waals surface area (Å²) < 4.78 is 5.41. The molecule has 0 saturated carbocycles. The van der Waals surface area contributed by atoms with Gasteiger partial charge in [-0.15, -0.1) is 0 Å². The highest BCUT2D eigenvalue weighted by atomic mass is 35.5. The maximum absolute atomic E-state index is 12.5. The minimum atomic E-state index is -0.302. The van der Waals surface area contributed by atoms with Gasteiger partial charge in [-0.3, -0.25) is 14.4 Å². The number of rotatable bonds is 4. The molecule has 0 unspecified atom stereocenters. The number of carbonyl (C=O) groups is 3. The number of amides is 1. The molecule has 1 saturated heterocycles. The van der Waals surface area contributed by atoms with E-state index in [4.69, 9.17) is 16.3 Å². The van der Waals surface area contributed by atoms with Crippen molar-refractivity contribution in [2.75, 3.05) is 13.1 Å². The Morgan fingerprint density at radius 3 is 2.04 bits per heavy atom. The van der Waals surface area contributed by atoms with Crippen molar-refractivity contribution in [1.29, 1.82) is 0 Å². The smallest absolute Gasteiger partial charge is 0.314 e. The first-order chi connectivity index (χ1) is 12.9. The molecule has 0 radical (unpaired) electrons. The monoisotopic (exact) mass is 385 g/mol. The quantitative estimate of drug-likeness (QED) is 0.453. The molecule has 2 aromatic rings. The van der Waals surface area contributed by atoms with E-state index in [-0.39, 0.29) is 23.6 Å². The van der Waals surface area contributed by atoms with Crippen LogP contribution in [0.25, 0.3) is 0 Å². The Labute approximate surface area is 162 Å². The average molecular weight is 386 g/mol. The van der Waals surface area contributed by atoms with Gasteiger partial charge in [0.1, 0.15) is 5.75 Å². The Hall–Kier alpha value is -2.66. The topological polar surface area (TPSA) is 63.7 Å². The first-order valence-electron chi connectivity index (χ1n) is 8.81. The summed E-state index contributed by atoms with van der Waals surface area (Å²) in [5.74, 6) is -0.218. The van der Waals surface area contributed by atoms with Crippen LogP contribution in [0.4, 0.5) is 0 Å². The van der Waals surface area contributed by atoms with Crippen molar-refractivity contribution in [2.45, 2.75) is 19.8 Å². The molecular weight excluding hydrogens is 366 g/mol. The van der Waals surface area contributed by atoms with Gasteiger partial charge in [0.05, 0.1) is 5.92 Å². The van der Waals surface area contributed by atoms with Gasteiger partial charge in [-0.2, -0.15) is 0 Å². The number of hydrogen-bond donors (Lipinski definition) is 0. The third-order valence-corrected chi connectivity index (χ3v) is 4.94. The normalized spacial score (nSPS) is 14.7. The van der Waals surface area contributed by atoms with E-state index in [0.29, 0.717) is 47.8 Å². The van der Waals surface area contributed by atoms with Crippen LogP contribution in [0.5, 0.6) is 5.75 Å². The lowest BCUT2D eigenvalue weighted by Gasteiger charge is -2.31. The van der Waals surface area contributed by atoms with E-state index in [1.807, 2.05) is 0 Å². The maximum Gasteiger partial charge on any atom is 0.314 e. The largest absolute Gasteiger partial charge is 0.426 e. The maximum atomic E-state index is 12.5. The number of benzene rings is 2. The molecule has 0 aromatic heterocycles. The van der Waals surface area contributed by atoms with E-state index < -0.39 is 0 Å². The number of carbonyl (C=O) groups excluding carboxylic acids is 3. The lowest BCUT2D eigenvalue weighted by Crippen LogP contribution is -2.41. The molecule has 1 amide bonds. The summed E-state index contributed by atoms with van der Waals surface area (Å²) in [4.78, 5) is 37.9. The van der Waals surface area contributed by atoms with Crippen molar-refractivity contribution < 1.29 is 19.1 Å². The van der Waals surface area contributed by atoms with Gasteiger partial charge in [0.2, 0.25) is 0 Å². The van der Waals surface area contributed by atoms with Crippen molar-refractivity contribution in [3.8, 4) is 5.75 Å². The van der Waals surface area contributed by atoms with Crippen LogP contribution in [0.2, 0.25) is 5.02 Å². The Morgan fingerprint density at radius 2 is 1.48 bits per heavy atom. The van der Waals surface area contributed by atoms with Gasteiger partial charge < -0.3 is 9.64 Å². The minimum absolute atomic E-state index is 0.0365. The molecular formula is C21H20ClNO4. The highest BCUT2D eigenvalue weighted by Gasteiger charge is 2.29. The molecule has 3 rings (SSSR count). The van der Waals surface area contributed by atoms with Gasteiger partial charge in [-0.1, -0.05) is 11.6 Å². The average Bonchev–Trinajstić information content (AvgIpc) is 2.68. The molecule has 6 heteroatoms. The van der Waals surface area contributed by atoms with Crippen LogP contribution >= 0.6 is 11.6 Å². The zero-order chi connectivity index (χ0) is 19.4. The molecule has 2 aromatic carbocycles. The van der Waals surface area contributed by atoms with Crippen LogP contribution in [0, 0.1) is 5.92 Å². The number of piperidine rings is 1. The number of halogens is 1. The summed E-state index contributed by atoms with van der Waals surface area (Å²) >= 11 is 5.85. The van der Waals surface area contributed by atoms with Crippen LogP contribution in [-0.4, -0.2) is 35.6 Å². The van der Waals surface area contributed by atoms with Crippen LogP contribution in [-0.2, 0) is 4.79 Å². The Morgan fingerprint density at radius 1 is 0.926 bits per heavy atom. The molecule has 5 nitrogen and oxygen atoms in total. The molecule has 1 fully saturated rings. The Balaban J connectivity index is 1.53. The Bertz CT molecular complexity index is 837. The van der Waals surface area contributed by atoms with Crippen LogP contribution in [0.1, 0.15) is 40.5 Å². The second kappa shape index (κ2) is 8.35. The van der Waals surface area contributed by atoms with E-state index >= 15 is 0 Å². The summed E-state index contributed by atoms with van der Waals surface area (Å²) in [6, 6.07) is 13.3. The van der Waals surface area contributed by atoms with Crippen LogP contribution in [0.3, 0.4) is 0 Å². The van der Waals surface area contributed by atoms with E-state index in [1.165, 1.54) is 6.92 Å². The lowest BCUT2D eigenvalue weighted by atomic mass is 9.96. The van der Waals surface area contributed by atoms with Crippen molar-refractivity contribution in [3.63, 3.8) is 0 Å². The molecule has 0 N–H and O–H groups in total. The molecule has 1 aliphatic rings. The van der Waals surface area contributed by atoms with Gasteiger partial charge in [-0.05, 0) is 68.3 Å². The fourth-order valence-corrected chi connectivity index (χ4v) is 3.18. The summed E-state index contributed by atoms with van der Waals surface area (Å²) in [7, 11) is 0. The molecule has 0 atom stereocenters. The zero-order valence-electron chi connectivity index (χ0n) is 15.0. The van der Waals surface area contributed by atoms with Gasteiger partial charge >= 0.3 is 5.97 Å². The van der Waals surface area contributed by atoms with Gasteiger partial charge in [0.25, 0.3) is 5.91 Å². The van der Waals surface area contributed by atoms with E-state index in [1.54, 1.807) is 53.4 Å². The molecule has 0 bridgehead atoms. The third kappa shape index (κ3) is 4.74. The van der Waals surface area contributed by atoms with Crippen molar-refractivity contribution in [2.24, 2.45) is 5.92 Å². The number of esters is 1. The van der Waals surface area contributed by atoms with Crippen molar-refractivity contribution in [3.05, 3.63) is 64.7 Å². The number of hydrogen-bond acceptors (Lipinski definition) is 4. The first-order valence-corrected chi connectivity index (χ1v) is 9.19. The standard InChI is InChI=1S/C21H20ClNO4/c1-14(24)15-4-8-19(9-5-15)27-21(26)17-10-12-23(13-11-17)20(25)16-2-6-18(22)7-3-16/h2-9,17H,10-13H2,1H3. The summed E-state index contributed by atoms with van der Waals surface area (Å²) in [6.07, 6.45) is 1.12. The highest BCUT2D eigenvalue weighted by Crippen LogP contribution is 2.23. The SMILES string of the molecule is CC(=O)c1ccc(OC(=O)C2CCN(C(=O)c3ccc(Cl)cc3)CC2)cc1. The minimum Gasteiger partial charge on any atom is -0.426 e. The molecule has 140 valence electrons. The summed E-state index contributed by atoms with van der Waals surface area (Å²) in [6.45, 7) is 2.50. The van der Waals surface area contributed by atoms with Gasteiger partial charge in [0.15, 0.2) is 5.78 Å². The number of ether oxygens (including phenoxy) is 1. The fraction of sp³-hybridized carbons (Fsp3) is 0.286. The third-order valence-electron chi connectivity index (χ3n) is 4.69. The van der Waals surface area contributed by atoms with Crippen molar-refractivity contribution >= 4 is 29.3 Å². The molecule has 0 spiro atoms. The van der Waals surface area contributed by atoms with E-state index in [9.17, 15) is 14.4 Å². The number of nitrogens with zero attached hydrogens (tertiary/aromatic N) is 1. The zero-order valence-corrected chi connectivity index (χ0v) is 15.7. The van der Waals surface area contributed by atoms with E-state index in [0.717, 1.165) is 0 Å². The number of Topliss-reactive ketones (excluding diaryl/α,β-unsaturated/α-hetero) is 1. The molecule has 1 aliphatic heterocycles. The highest BCUT2D eigenvalue weighted by molar-refractivity contribution is 6.30. The summed E-state index contributed by atoms with van der Waals surface area (Å²) in [5, 5.41) is 0.587.